The van der Waals surface area contributed by atoms with Crippen LogP contribution in [-0.4, -0.2) is 48.0 Å². The van der Waals surface area contributed by atoms with Gasteiger partial charge >= 0.3 is 0 Å². The van der Waals surface area contributed by atoms with Gasteiger partial charge in [0.25, 0.3) is 11.5 Å². The molecule has 1 aromatic carbocycles. The maximum atomic E-state index is 13.0. The third kappa shape index (κ3) is 5.06. The van der Waals surface area contributed by atoms with E-state index in [2.05, 4.69) is 21.5 Å². The molecule has 0 aliphatic carbocycles. The quantitative estimate of drug-likeness (QED) is 0.510. The van der Waals surface area contributed by atoms with Gasteiger partial charge in [-0.25, -0.2) is 9.67 Å². The van der Waals surface area contributed by atoms with Crippen LogP contribution in [0.3, 0.4) is 0 Å². The SMILES string of the molecule is COCCCNC(=O)c1ccc(-n2[nH]cc(-c3ccc(C#N)cc3COC)c2=O)nc1. The first kappa shape index (κ1) is 22.0. The third-order valence-corrected chi connectivity index (χ3v) is 4.65. The third-order valence-electron chi connectivity index (χ3n) is 4.65. The first-order valence-electron chi connectivity index (χ1n) is 9.65. The lowest BCUT2D eigenvalue weighted by Crippen LogP contribution is -2.25. The molecule has 0 aliphatic rings. The van der Waals surface area contributed by atoms with Gasteiger partial charge in [-0.05, 0) is 41.8 Å². The molecule has 2 heterocycles. The van der Waals surface area contributed by atoms with Gasteiger partial charge in [-0.1, -0.05) is 6.07 Å². The van der Waals surface area contributed by atoms with Gasteiger partial charge in [0.1, 0.15) is 0 Å². The number of pyridine rings is 1. The number of ether oxygens (including phenoxy) is 2. The molecule has 2 aromatic heterocycles. The van der Waals surface area contributed by atoms with Crippen molar-refractivity contribution in [3.8, 4) is 23.0 Å². The van der Waals surface area contributed by atoms with Gasteiger partial charge in [0, 0.05) is 39.8 Å². The molecule has 2 N–H and O–H groups in total. The van der Waals surface area contributed by atoms with Gasteiger partial charge in [-0.3, -0.25) is 14.7 Å². The average molecular weight is 421 g/mol. The fraction of sp³-hybridized carbons (Fsp3) is 0.273. The molecule has 9 heteroatoms. The van der Waals surface area contributed by atoms with Crippen LogP contribution in [0, 0.1) is 11.3 Å². The van der Waals surface area contributed by atoms with Crippen molar-refractivity contribution in [2.75, 3.05) is 27.4 Å². The summed E-state index contributed by atoms with van der Waals surface area (Å²) in [6.45, 7) is 1.34. The number of aromatic amines is 1. The summed E-state index contributed by atoms with van der Waals surface area (Å²) < 4.78 is 11.5. The van der Waals surface area contributed by atoms with Gasteiger partial charge in [-0.15, -0.1) is 0 Å². The number of amides is 1. The predicted molar refractivity (Wildman–Crippen MR) is 114 cm³/mol. The van der Waals surface area contributed by atoms with Crippen molar-refractivity contribution in [1.29, 1.82) is 5.26 Å². The Hall–Kier alpha value is -3.74. The first-order chi connectivity index (χ1) is 15.1. The largest absolute Gasteiger partial charge is 0.385 e. The Morgan fingerprint density at radius 2 is 2.06 bits per heavy atom. The number of hydrogen-bond donors (Lipinski definition) is 2. The summed E-state index contributed by atoms with van der Waals surface area (Å²) in [6, 6.07) is 10.4. The Kier molecular flexibility index (Phi) is 7.32. The zero-order valence-corrected chi connectivity index (χ0v) is 17.3. The predicted octanol–water partition coefficient (Wildman–Crippen LogP) is 2.01. The lowest BCUT2D eigenvalue weighted by Gasteiger charge is -2.07. The van der Waals surface area contributed by atoms with Crippen LogP contribution in [0.15, 0.2) is 47.5 Å². The van der Waals surface area contributed by atoms with Crippen molar-refractivity contribution in [3.05, 3.63) is 69.8 Å². The van der Waals surface area contributed by atoms with E-state index in [-0.39, 0.29) is 18.1 Å². The van der Waals surface area contributed by atoms with E-state index in [1.54, 1.807) is 50.7 Å². The molecule has 9 nitrogen and oxygen atoms in total. The van der Waals surface area contributed by atoms with E-state index < -0.39 is 0 Å². The van der Waals surface area contributed by atoms with Crippen molar-refractivity contribution < 1.29 is 14.3 Å². The average Bonchev–Trinajstić information content (AvgIpc) is 3.18. The standard InChI is InChI=1S/C22H23N5O4/c1-30-9-3-8-24-21(28)16-5-7-20(25-12-16)27-22(29)19(13-26-27)18-6-4-15(11-23)10-17(18)14-31-2/h4-7,10,12-13,26H,3,8-9,14H2,1-2H3,(H,24,28). The number of H-pyrrole nitrogens is 1. The Morgan fingerprint density at radius 1 is 1.23 bits per heavy atom. The maximum Gasteiger partial charge on any atom is 0.280 e. The molecule has 0 spiro atoms. The van der Waals surface area contributed by atoms with Gasteiger partial charge < -0.3 is 14.8 Å². The first-order valence-corrected chi connectivity index (χ1v) is 9.65. The normalized spacial score (nSPS) is 10.6. The van der Waals surface area contributed by atoms with E-state index in [4.69, 9.17) is 14.7 Å². The summed E-state index contributed by atoms with van der Waals surface area (Å²) in [5, 5.41) is 14.8. The monoisotopic (exact) mass is 421 g/mol. The highest BCUT2D eigenvalue weighted by Gasteiger charge is 2.15. The van der Waals surface area contributed by atoms with Crippen molar-refractivity contribution in [2.45, 2.75) is 13.0 Å². The molecule has 0 bridgehead atoms. The van der Waals surface area contributed by atoms with Crippen molar-refractivity contribution in [2.24, 2.45) is 0 Å². The summed E-state index contributed by atoms with van der Waals surface area (Å²) in [5.74, 6) is 0.116. The van der Waals surface area contributed by atoms with Crippen LogP contribution in [0.4, 0.5) is 0 Å². The highest BCUT2D eigenvalue weighted by Crippen LogP contribution is 2.23. The fourth-order valence-electron chi connectivity index (χ4n) is 3.11. The summed E-state index contributed by atoms with van der Waals surface area (Å²) >= 11 is 0. The van der Waals surface area contributed by atoms with Crippen molar-refractivity contribution in [1.82, 2.24) is 20.1 Å². The number of hydrogen-bond acceptors (Lipinski definition) is 6. The molecule has 160 valence electrons. The van der Waals surface area contributed by atoms with Crippen molar-refractivity contribution >= 4 is 5.91 Å². The van der Waals surface area contributed by atoms with E-state index in [9.17, 15) is 9.59 Å². The van der Waals surface area contributed by atoms with E-state index in [0.717, 1.165) is 12.0 Å². The van der Waals surface area contributed by atoms with E-state index in [1.165, 1.54) is 10.9 Å². The Balaban J connectivity index is 1.83. The van der Waals surface area contributed by atoms with Crippen LogP contribution in [-0.2, 0) is 16.1 Å². The number of nitrogens with one attached hydrogen (secondary N) is 2. The highest BCUT2D eigenvalue weighted by molar-refractivity contribution is 5.93. The Labute approximate surface area is 179 Å². The zero-order valence-electron chi connectivity index (χ0n) is 17.3. The van der Waals surface area contributed by atoms with Crippen LogP contribution in [0.25, 0.3) is 16.9 Å². The summed E-state index contributed by atoms with van der Waals surface area (Å²) in [4.78, 5) is 29.4. The molecule has 0 saturated heterocycles. The second kappa shape index (κ2) is 10.3. The van der Waals surface area contributed by atoms with Crippen LogP contribution >= 0.6 is 0 Å². The van der Waals surface area contributed by atoms with Crippen LogP contribution in [0.1, 0.15) is 27.9 Å². The fourth-order valence-corrected chi connectivity index (χ4v) is 3.11. The lowest BCUT2D eigenvalue weighted by molar-refractivity contribution is 0.0948. The second-order valence-electron chi connectivity index (χ2n) is 6.75. The number of benzene rings is 1. The lowest BCUT2D eigenvalue weighted by atomic mass is 10.0. The number of methoxy groups -OCH3 is 2. The topological polar surface area (TPSA) is 122 Å². The smallest absolute Gasteiger partial charge is 0.280 e. The Morgan fingerprint density at radius 3 is 2.74 bits per heavy atom. The molecule has 0 unspecified atom stereocenters. The molecule has 3 aromatic rings. The van der Waals surface area contributed by atoms with Gasteiger partial charge in [-0.2, -0.15) is 5.26 Å². The number of carbonyl (C=O) groups is 1. The van der Waals surface area contributed by atoms with E-state index >= 15 is 0 Å². The second-order valence-corrected chi connectivity index (χ2v) is 6.75. The zero-order chi connectivity index (χ0) is 22.2. The number of nitrogens with zero attached hydrogens (tertiary/aromatic N) is 3. The molecular weight excluding hydrogens is 398 g/mol. The van der Waals surface area contributed by atoms with Gasteiger partial charge in [0.05, 0.1) is 29.4 Å². The number of carbonyl (C=O) groups excluding carboxylic acids is 1. The van der Waals surface area contributed by atoms with Crippen LogP contribution in [0.5, 0.6) is 0 Å². The van der Waals surface area contributed by atoms with E-state index in [1.807, 2.05) is 0 Å². The molecule has 31 heavy (non-hydrogen) atoms. The molecule has 0 fully saturated rings. The minimum atomic E-state index is -0.300. The molecule has 3 rings (SSSR count). The molecular formula is C22H23N5O4. The number of aromatic nitrogens is 3. The molecule has 0 atom stereocenters. The van der Waals surface area contributed by atoms with Crippen LogP contribution < -0.4 is 10.9 Å². The molecule has 1 amide bonds. The highest BCUT2D eigenvalue weighted by atomic mass is 16.5. The minimum Gasteiger partial charge on any atom is -0.385 e. The number of nitriles is 1. The number of rotatable bonds is 9. The van der Waals surface area contributed by atoms with Crippen molar-refractivity contribution in [3.63, 3.8) is 0 Å². The summed E-state index contributed by atoms with van der Waals surface area (Å²) in [5.41, 5.74) is 2.43. The maximum absolute atomic E-state index is 13.0. The summed E-state index contributed by atoms with van der Waals surface area (Å²) in [6.07, 6.45) is 3.72. The molecule has 0 aliphatic heterocycles. The molecule has 0 radical (unpaired) electrons. The van der Waals surface area contributed by atoms with Gasteiger partial charge in [0.2, 0.25) is 0 Å². The minimum absolute atomic E-state index is 0.239. The van der Waals surface area contributed by atoms with Gasteiger partial charge in [0.15, 0.2) is 5.82 Å². The molecule has 0 saturated carbocycles. The van der Waals surface area contributed by atoms with E-state index in [0.29, 0.717) is 41.2 Å². The summed E-state index contributed by atoms with van der Waals surface area (Å²) in [7, 11) is 3.16. The van der Waals surface area contributed by atoms with Crippen LogP contribution in [0.2, 0.25) is 0 Å². The Bertz CT molecular complexity index is 1140.